The summed E-state index contributed by atoms with van der Waals surface area (Å²) in [7, 11) is 0. The van der Waals surface area contributed by atoms with Crippen LogP contribution in [0.5, 0.6) is 0 Å². The number of aryl methyl sites for hydroxylation is 2. The lowest BCUT2D eigenvalue weighted by Gasteiger charge is -2.23. The molecular weight excluding hydrogens is 404 g/mol. The zero-order chi connectivity index (χ0) is 21.3. The van der Waals surface area contributed by atoms with Crippen LogP contribution in [0.3, 0.4) is 0 Å². The number of hydrogen-bond donors (Lipinski definition) is 2. The van der Waals surface area contributed by atoms with Gasteiger partial charge in [0.2, 0.25) is 0 Å². The second-order valence-electron chi connectivity index (χ2n) is 7.94. The van der Waals surface area contributed by atoms with Crippen LogP contribution in [0.25, 0.3) is 21.8 Å². The lowest BCUT2D eigenvalue weighted by Crippen LogP contribution is -2.29. The van der Waals surface area contributed by atoms with Gasteiger partial charge < -0.3 is 19.7 Å². The number of benzene rings is 1. The molecule has 2 atom stereocenters. The molecule has 1 aliphatic rings. The SMILES string of the molecule is CCNCC(O)CCn1c(=O)c2c(C)n(C3CCCCO3)nc2c2cc(Cl)ccc21. The second-order valence-corrected chi connectivity index (χ2v) is 8.38. The summed E-state index contributed by atoms with van der Waals surface area (Å²) >= 11 is 6.30. The van der Waals surface area contributed by atoms with Crippen molar-refractivity contribution >= 4 is 33.4 Å². The van der Waals surface area contributed by atoms with E-state index in [1.165, 1.54) is 0 Å². The van der Waals surface area contributed by atoms with Crippen molar-refractivity contribution in [2.45, 2.75) is 58.4 Å². The number of fused-ring (bicyclic) bond motifs is 3. The molecule has 0 aliphatic carbocycles. The number of rotatable bonds is 7. The van der Waals surface area contributed by atoms with Gasteiger partial charge in [0.1, 0.15) is 11.7 Å². The number of likely N-dealkylation sites (N-methyl/N-ethyl adjacent to an activating group) is 1. The summed E-state index contributed by atoms with van der Waals surface area (Å²) in [5.41, 5.74) is 2.16. The van der Waals surface area contributed by atoms with Gasteiger partial charge in [0.05, 0.1) is 22.7 Å². The lowest BCUT2D eigenvalue weighted by molar-refractivity contribution is -0.0402. The Hall–Kier alpha value is -1.93. The third-order valence-electron chi connectivity index (χ3n) is 5.86. The van der Waals surface area contributed by atoms with Crippen LogP contribution < -0.4 is 10.9 Å². The Morgan fingerprint density at radius 1 is 1.40 bits per heavy atom. The van der Waals surface area contributed by atoms with Gasteiger partial charge in [-0.05, 0) is 57.4 Å². The van der Waals surface area contributed by atoms with Crippen molar-refractivity contribution in [2.75, 3.05) is 19.7 Å². The molecule has 1 saturated heterocycles. The van der Waals surface area contributed by atoms with Gasteiger partial charge >= 0.3 is 0 Å². The van der Waals surface area contributed by atoms with Crippen LogP contribution in [0.2, 0.25) is 5.02 Å². The van der Waals surface area contributed by atoms with Crippen molar-refractivity contribution in [3.8, 4) is 0 Å². The van der Waals surface area contributed by atoms with Gasteiger partial charge in [-0.1, -0.05) is 18.5 Å². The molecule has 162 valence electrons. The maximum Gasteiger partial charge on any atom is 0.262 e. The highest BCUT2D eigenvalue weighted by Crippen LogP contribution is 2.30. The molecule has 2 unspecified atom stereocenters. The van der Waals surface area contributed by atoms with Crippen LogP contribution in [0.4, 0.5) is 0 Å². The van der Waals surface area contributed by atoms with Crippen LogP contribution in [-0.2, 0) is 11.3 Å². The number of hydrogen-bond acceptors (Lipinski definition) is 5. The summed E-state index contributed by atoms with van der Waals surface area (Å²) in [5, 5.41) is 20.2. The van der Waals surface area contributed by atoms with Gasteiger partial charge in [-0.3, -0.25) is 4.79 Å². The average molecular weight is 433 g/mol. The molecule has 0 saturated carbocycles. The number of nitrogens with zero attached hydrogens (tertiary/aromatic N) is 3. The smallest absolute Gasteiger partial charge is 0.262 e. The monoisotopic (exact) mass is 432 g/mol. The van der Waals surface area contributed by atoms with E-state index < -0.39 is 6.10 Å². The Kier molecular flexibility index (Phi) is 6.43. The minimum Gasteiger partial charge on any atom is -0.392 e. The number of ether oxygens (including phenoxy) is 1. The maximum atomic E-state index is 13.5. The predicted octanol–water partition coefficient (Wildman–Crippen LogP) is 3.37. The van der Waals surface area contributed by atoms with Crippen LogP contribution >= 0.6 is 11.6 Å². The largest absolute Gasteiger partial charge is 0.392 e. The molecular formula is C22H29ClN4O3. The minimum atomic E-state index is -0.519. The molecule has 7 nitrogen and oxygen atoms in total. The van der Waals surface area contributed by atoms with Crippen LogP contribution in [0.1, 0.15) is 44.5 Å². The molecule has 0 radical (unpaired) electrons. The van der Waals surface area contributed by atoms with E-state index in [9.17, 15) is 9.90 Å². The highest BCUT2D eigenvalue weighted by atomic mass is 35.5. The Morgan fingerprint density at radius 2 is 2.23 bits per heavy atom. The molecule has 0 spiro atoms. The number of aliphatic hydroxyl groups is 1. The first-order valence-electron chi connectivity index (χ1n) is 10.7. The lowest BCUT2D eigenvalue weighted by atomic mass is 10.1. The number of aromatic nitrogens is 3. The van der Waals surface area contributed by atoms with Gasteiger partial charge in [0.15, 0.2) is 0 Å². The van der Waals surface area contributed by atoms with E-state index in [1.807, 2.05) is 30.7 Å². The number of halogens is 1. The van der Waals surface area contributed by atoms with E-state index in [-0.39, 0.29) is 11.8 Å². The summed E-state index contributed by atoms with van der Waals surface area (Å²) in [6.07, 6.45) is 2.84. The van der Waals surface area contributed by atoms with Crippen LogP contribution in [0, 0.1) is 6.92 Å². The highest BCUT2D eigenvalue weighted by Gasteiger charge is 2.24. The van der Waals surface area contributed by atoms with Gasteiger partial charge in [-0.25, -0.2) is 4.68 Å². The Morgan fingerprint density at radius 3 is 2.97 bits per heavy atom. The summed E-state index contributed by atoms with van der Waals surface area (Å²) in [5.74, 6) is 0. The fourth-order valence-electron chi connectivity index (χ4n) is 4.25. The van der Waals surface area contributed by atoms with E-state index in [1.54, 1.807) is 10.6 Å². The highest BCUT2D eigenvalue weighted by molar-refractivity contribution is 6.31. The molecule has 0 bridgehead atoms. The van der Waals surface area contributed by atoms with Crippen LogP contribution in [0.15, 0.2) is 23.0 Å². The van der Waals surface area contributed by atoms with Crippen LogP contribution in [-0.4, -0.2) is 45.3 Å². The van der Waals surface area contributed by atoms with Crippen molar-refractivity contribution in [3.63, 3.8) is 0 Å². The van der Waals surface area contributed by atoms with Crippen molar-refractivity contribution < 1.29 is 9.84 Å². The van der Waals surface area contributed by atoms with Crippen molar-refractivity contribution in [3.05, 3.63) is 39.3 Å². The number of pyridine rings is 1. The summed E-state index contributed by atoms with van der Waals surface area (Å²) in [4.78, 5) is 13.5. The summed E-state index contributed by atoms with van der Waals surface area (Å²) < 4.78 is 9.52. The maximum absolute atomic E-state index is 13.5. The molecule has 8 heteroatoms. The third-order valence-corrected chi connectivity index (χ3v) is 6.09. The molecule has 3 aromatic rings. The van der Waals surface area contributed by atoms with Crippen molar-refractivity contribution in [1.82, 2.24) is 19.7 Å². The third kappa shape index (κ3) is 3.99. The molecule has 2 aromatic heterocycles. The van der Waals surface area contributed by atoms with E-state index >= 15 is 0 Å². The van der Waals surface area contributed by atoms with Gasteiger partial charge in [0, 0.05) is 30.1 Å². The standard InChI is InChI=1S/C22H29ClN4O3/c1-3-24-13-16(28)9-10-26-18-8-7-15(23)12-17(18)21-20(22(26)29)14(2)27(25-21)19-6-4-5-11-30-19/h7-8,12,16,19,24,28H,3-6,9-11,13H2,1-2H3. The normalized spacial score (nSPS) is 18.3. The van der Waals surface area contributed by atoms with E-state index in [4.69, 9.17) is 21.4 Å². The molecule has 3 heterocycles. The second kappa shape index (κ2) is 9.06. The summed E-state index contributed by atoms with van der Waals surface area (Å²) in [6.45, 7) is 6.36. The minimum absolute atomic E-state index is 0.0879. The molecule has 4 rings (SSSR count). The summed E-state index contributed by atoms with van der Waals surface area (Å²) in [6, 6.07) is 5.51. The van der Waals surface area contributed by atoms with Gasteiger partial charge in [0.25, 0.3) is 5.56 Å². The van der Waals surface area contributed by atoms with E-state index in [0.29, 0.717) is 42.0 Å². The predicted molar refractivity (Wildman–Crippen MR) is 119 cm³/mol. The van der Waals surface area contributed by atoms with E-state index in [0.717, 1.165) is 42.4 Å². The zero-order valence-electron chi connectivity index (χ0n) is 17.5. The van der Waals surface area contributed by atoms with E-state index in [2.05, 4.69) is 5.32 Å². The van der Waals surface area contributed by atoms with Crippen molar-refractivity contribution in [2.24, 2.45) is 0 Å². The Labute approximate surface area is 180 Å². The zero-order valence-corrected chi connectivity index (χ0v) is 18.3. The van der Waals surface area contributed by atoms with Crippen molar-refractivity contribution in [1.29, 1.82) is 0 Å². The number of nitrogens with one attached hydrogen (secondary N) is 1. The quantitative estimate of drug-likeness (QED) is 0.598. The van der Waals surface area contributed by atoms with Gasteiger partial charge in [-0.2, -0.15) is 5.10 Å². The first-order valence-corrected chi connectivity index (χ1v) is 11.1. The Balaban J connectivity index is 1.83. The molecule has 1 aromatic carbocycles. The fraction of sp³-hybridized carbons (Fsp3) is 0.545. The molecule has 30 heavy (non-hydrogen) atoms. The molecule has 1 fully saturated rings. The molecule has 1 aliphatic heterocycles. The fourth-order valence-corrected chi connectivity index (χ4v) is 4.42. The molecule has 2 N–H and O–H groups in total. The average Bonchev–Trinajstić information content (AvgIpc) is 3.10. The first-order chi connectivity index (χ1) is 14.5. The molecule has 0 amide bonds. The topological polar surface area (TPSA) is 81.3 Å². The Bertz CT molecular complexity index is 1100. The number of aliphatic hydroxyl groups excluding tert-OH is 1. The van der Waals surface area contributed by atoms with Gasteiger partial charge in [-0.15, -0.1) is 0 Å². The first kappa shape index (κ1) is 21.3.